The second kappa shape index (κ2) is 8.87. The maximum atomic E-state index is 12.3. The summed E-state index contributed by atoms with van der Waals surface area (Å²) in [4.78, 5) is 19.8. The van der Waals surface area contributed by atoms with Gasteiger partial charge >= 0.3 is 0 Å². The van der Waals surface area contributed by atoms with Crippen LogP contribution >= 0.6 is 23.2 Å². The quantitative estimate of drug-likeness (QED) is 0.392. The Morgan fingerprint density at radius 2 is 2.10 bits per heavy atom. The number of imidazole rings is 1. The predicted octanol–water partition coefficient (Wildman–Crippen LogP) is 4.32. The van der Waals surface area contributed by atoms with Crippen molar-refractivity contribution in [1.82, 2.24) is 20.4 Å². The molecule has 1 aliphatic rings. The maximum Gasteiger partial charge on any atom is 0.238 e. The molecule has 0 unspecified atom stereocenters. The summed E-state index contributed by atoms with van der Waals surface area (Å²) in [5, 5.41) is 20.9. The molecule has 10 heteroatoms. The van der Waals surface area contributed by atoms with Crippen LogP contribution in [0.2, 0.25) is 10.0 Å². The number of aliphatic hydroxyl groups excluding tert-OH is 1. The van der Waals surface area contributed by atoms with E-state index in [1.807, 2.05) is 24.3 Å². The number of aromatic nitrogens is 2. The number of H-pyrrole nitrogens is 1. The maximum absolute atomic E-state index is 12.3. The molecule has 1 aromatic heterocycles. The smallest absolute Gasteiger partial charge is 0.238 e. The van der Waals surface area contributed by atoms with Gasteiger partial charge in [0.1, 0.15) is 22.9 Å². The van der Waals surface area contributed by atoms with Crippen LogP contribution in [0.1, 0.15) is 18.7 Å². The topological polar surface area (TPSA) is 114 Å². The molecule has 160 valence electrons. The highest BCUT2D eigenvalue weighted by Crippen LogP contribution is 2.28. The highest BCUT2D eigenvalue weighted by atomic mass is 35.5. The van der Waals surface area contributed by atoms with E-state index >= 15 is 0 Å². The fraction of sp³-hybridized carbons (Fsp3) is 0.190. The van der Waals surface area contributed by atoms with E-state index in [9.17, 15) is 9.90 Å². The minimum Gasteiger partial charge on any atom is -0.509 e. The number of nitrogens with one attached hydrogen (secondary N) is 3. The van der Waals surface area contributed by atoms with Crippen molar-refractivity contribution in [2.45, 2.75) is 12.8 Å². The van der Waals surface area contributed by atoms with Crippen molar-refractivity contribution in [2.24, 2.45) is 0 Å². The molecule has 0 saturated heterocycles. The Bertz CT molecular complexity index is 1160. The summed E-state index contributed by atoms with van der Waals surface area (Å²) in [6.07, 6.45) is 0.623. The first-order valence-corrected chi connectivity index (χ1v) is 10.3. The summed E-state index contributed by atoms with van der Waals surface area (Å²) in [6.45, 7) is 0.286. The van der Waals surface area contributed by atoms with E-state index in [1.54, 1.807) is 18.2 Å². The van der Waals surface area contributed by atoms with Gasteiger partial charge in [-0.3, -0.25) is 20.6 Å². The molecule has 0 aliphatic carbocycles. The zero-order chi connectivity index (χ0) is 22.0. The average molecular weight is 460 g/mol. The lowest BCUT2D eigenvalue weighted by atomic mass is 10.2. The van der Waals surface area contributed by atoms with Gasteiger partial charge in [-0.2, -0.15) is 0 Å². The van der Waals surface area contributed by atoms with Gasteiger partial charge in [0.25, 0.3) is 0 Å². The number of carbonyl (C=O) groups is 1. The fourth-order valence-corrected chi connectivity index (χ4v) is 3.67. The van der Waals surface area contributed by atoms with Gasteiger partial charge in [0.2, 0.25) is 5.91 Å². The predicted molar refractivity (Wildman–Crippen MR) is 119 cm³/mol. The number of hydrazine groups is 1. The molecule has 0 spiro atoms. The van der Waals surface area contributed by atoms with Crippen LogP contribution in [0.3, 0.4) is 0 Å². The molecule has 0 fully saturated rings. The van der Waals surface area contributed by atoms with Crippen molar-refractivity contribution < 1.29 is 14.6 Å². The second-order valence-electron chi connectivity index (χ2n) is 6.92. The summed E-state index contributed by atoms with van der Waals surface area (Å²) >= 11 is 11.9. The lowest BCUT2D eigenvalue weighted by Gasteiger charge is -2.19. The van der Waals surface area contributed by atoms with Gasteiger partial charge in [0.15, 0.2) is 5.84 Å². The summed E-state index contributed by atoms with van der Waals surface area (Å²) in [5.74, 6) is 0.513. The van der Waals surface area contributed by atoms with Crippen LogP contribution < -0.4 is 10.2 Å². The molecule has 0 radical (unpaired) electrons. The van der Waals surface area contributed by atoms with Crippen molar-refractivity contribution in [3.8, 4) is 5.75 Å². The van der Waals surface area contributed by atoms with Gasteiger partial charge in [-0.15, -0.1) is 0 Å². The third kappa shape index (κ3) is 4.60. The number of nitrogens with zero attached hydrogens (tertiary/aromatic N) is 2. The van der Waals surface area contributed by atoms with E-state index in [1.165, 1.54) is 5.01 Å². The highest BCUT2D eigenvalue weighted by Gasteiger charge is 2.31. The summed E-state index contributed by atoms with van der Waals surface area (Å²) in [7, 11) is 0. The van der Waals surface area contributed by atoms with Gasteiger partial charge in [0, 0.05) is 11.4 Å². The SMILES string of the molecule is N=C1C(c2nc3ccccc3[nH]2)=C(O)CN1NC(=O)CCCOc1ccc(Cl)cc1Cl. The van der Waals surface area contributed by atoms with Crippen LogP contribution in [0.15, 0.2) is 48.2 Å². The lowest BCUT2D eigenvalue weighted by Crippen LogP contribution is -2.43. The fourth-order valence-electron chi connectivity index (χ4n) is 3.21. The van der Waals surface area contributed by atoms with Crippen LogP contribution in [0.5, 0.6) is 5.75 Å². The Balaban J connectivity index is 1.30. The van der Waals surface area contributed by atoms with Crippen LogP contribution in [-0.4, -0.2) is 45.0 Å². The monoisotopic (exact) mass is 459 g/mol. The van der Waals surface area contributed by atoms with Crippen molar-refractivity contribution in [3.63, 3.8) is 0 Å². The summed E-state index contributed by atoms with van der Waals surface area (Å²) in [5.41, 5.74) is 4.43. The molecule has 31 heavy (non-hydrogen) atoms. The van der Waals surface area contributed by atoms with Gasteiger partial charge in [-0.1, -0.05) is 35.3 Å². The normalized spacial score (nSPS) is 13.9. The van der Waals surface area contributed by atoms with Gasteiger partial charge < -0.3 is 14.8 Å². The first-order chi connectivity index (χ1) is 14.9. The van der Waals surface area contributed by atoms with Crippen molar-refractivity contribution in [2.75, 3.05) is 13.2 Å². The molecule has 1 aliphatic heterocycles. The number of aromatic amines is 1. The molecule has 1 amide bonds. The van der Waals surface area contributed by atoms with E-state index in [-0.39, 0.29) is 36.0 Å². The van der Waals surface area contributed by atoms with E-state index in [2.05, 4.69) is 15.4 Å². The second-order valence-corrected chi connectivity index (χ2v) is 7.76. The van der Waals surface area contributed by atoms with Gasteiger partial charge in [-0.05, 0) is 36.8 Å². The summed E-state index contributed by atoms with van der Waals surface area (Å²) in [6, 6.07) is 12.4. The number of hydrogen-bond acceptors (Lipinski definition) is 5. The molecule has 0 atom stereocenters. The Kier molecular flexibility index (Phi) is 6.01. The third-order valence-corrected chi connectivity index (χ3v) is 5.22. The van der Waals surface area contributed by atoms with Crippen LogP contribution in [0.25, 0.3) is 16.6 Å². The zero-order valence-corrected chi connectivity index (χ0v) is 17.8. The van der Waals surface area contributed by atoms with Gasteiger partial charge in [-0.25, -0.2) is 4.98 Å². The number of benzene rings is 2. The van der Waals surface area contributed by atoms with E-state index < -0.39 is 0 Å². The number of amides is 1. The highest BCUT2D eigenvalue weighted by molar-refractivity contribution is 6.35. The molecule has 2 heterocycles. The Morgan fingerprint density at radius 3 is 2.87 bits per heavy atom. The van der Waals surface area contributed by atoms with Crippen molar-refractivity contribution in [1.29, 1.82) is 5.41 Å². The minimum absolute atomic E-state index is 0.00612. The first kappa shape index (κ1) is 21.0. The number of hydrogen-bond donors (Lipinski definition) is 4. The Hall–Kier alpha value is -3.23. The van der Waals surface area contributed by atoms with Crippen molar-refractivity contribution in [3.05, 3.63) is 64.1 Å². The average Bonchev–Trinajstić information content (AvgIpc) is 3.26. The van der Waals surface area contributed by atoms with Crippen LogP contribution in [0, 0.1) is 5.41 Å². The minimum atomic E-state index is -0.297. The standard InChI is InChI=1S/C21H19Cl2N5O3/c22-12-7-8-17(13(23)10-12)31-9-3-6-18(30)27-28-11-16(29)19(20(28)24)21-25-14-4-1-2-5-15(14)26-21/h1-2,4-5,7-8,10,24,29H,3,6,9,11H2,(H,25,26)(H,27,30). The number of ether oxygens (including phenoxy) is 1. The number of halogens is 2. The molecule has 0 bridgehead atoms. The zero-order valence-electron chi connectivity index (χ0n) is 16.3. The van der Waals surface area contributed by atoms with E-state index in [0.717, 1.165) is 11.0 Å². The number of rotatable bonds is 7. The number of fused-ring (bicyclic) bond motifs is 1. The molecule has 4 rings (SSSR count). The molecule has 4 N–H and O–H groups in total. The first-order valence-electron chi connectivity index (χ1n) is 9.53. The third-order valence-electron chi connectivity index (χ3n) is 4.69. The number of carbonyl (C=O) groups excluding carboxylic acids is 1. The Labute approximate surface area is 187 Å². The number of aliphatic hydroxyl groups is 1. The van der Waals surface area contributed by atoms with E-state index in [4.69, 9.17) is 33.3 Å². The van der Waals surface area contributed by atoms with E-state index in [0.29, 0.717) is 34.6 Å². The molecule has 3 aromatic rings. The van der Waals surface area contributed by atoms with Gasteiger partial charge in [0.05, 0.1) is 29.2 Å². The molecule has 2 aromatic carbocycles. The molecular weight excluding hydrogens is 441 g/mol. The number of amidine groups is 1. The Morgan fingerprint density at radius 1 is 1.29 bits per heavy atom. The van der Waals surface area contributed by atoms with Crippen LogP contribution in [0.4, 0.5) is 0 Å². The van der Waals surface area contributed by atoms with Crippen LogP contribution in [-0.2, 0) is 4.79 Å². The molecule has 0 saturated carbocycles. The molecular formula is C21H19Cl2N5O3. The summed E-state index contributed by atoms with van der Waals surface area (Å²) < 4.78 is 5.57. The number of para-hydroxylation sites is 2. The molecule has 8 nitrogen and oxygen atoms in total. The largest absolute Gasteiger partial charge is 0.509 e. The lowest BCUT2D eigenvalue weighted by molar-refractivity contribution is -0.124. The van der Waals surface area contributed by atoms with Crippen molar-refractivity contribution >= 4 is 51.6 Å².